The van der Waals surface area contributed by atoms with Gasteiger partial charge in [0.2, 0.25) is 16.2 Å². The molecule has 7 heteroatoms. The number of benzene rings is 1. The summed E-state index contributed by atoms with van der Waals surface area (Å²) in [4.78, 5) is 11.7. The van der Waals surface area contributed by atoms with Crippen molar-refractivity contribution in [2.24, 2.45) is 0 Å². The van der Waals surface area contributed by atoms with Crippen LogP contribution in [-0.4, -0.2) is 16.1 Å². The number of nitrogens with zero attached hydrogens (tertiary/aromatic N) is 2. The Morgan fingerprint density at radius 1 is 1.41 bits per heavy atom. The number of aromatic nitrogens is 2. The van der Waals surface area contributed by atoms with E-state index in [0.717, 1.165) is 16.9 Å². The van der Waals surface area contributed by atoms with E-state index in [1.807, 2.05) is 12.1 Å². The first-order valence-corrected chi connectivity index (χ1v) is 5.97. The predicted octanol–water partition coefficient (Wildman–Crippen LogP) is 1.95. The molecular weight excluding hydrogens is 260 g/mol. The van der Waals surface area contributed by atoms with E-state index in [2.05, 4.69) is 15.5 Å². The summed E-state index contributed by atoms with van der Waals surface area (Å²) in [6, 6.07) is 7.19. The van der Waals surface area contributed by atoms with Gasteiger partial charge in [-0.25, -0.2) is 0 Å². The minimum absolute atomic E-state index is 0.194. The molecule has 1 amide bonds. The fourth-order valence-corrected chi connectivity index (χ4v) is 1.99. The molecule has 0 atom stereocenters. The van der Waals surface area contributed by atoms with Gasteiger partial charge in [0.15, 0.2) is 0 Å². The monoisotopic (exact) mass is 268 g/mol. The van der Waals surface area contributed by atoms with Crippen molar-refractivity contribution in [1.82, 2.24) is 10.2 Å². The molecule has 0 fully saturated rings. The van der Waals surface area contributed by atoms with E-state index in [1.165, 1.54) is 0 Å². The summed E-state index contributed by atoms with van der Waals surface area (Å²) in [7, 11) is 0. The topological polar surface area (TPSA) is 80.9 Å². The average molecular weight is 269 g/mol. The quantitative estimate of drug-likeness (QED) is 0.892. The van der Waals surface area contributed by atoms with Crippen molar-refractivity contribution in [2.75, 3.05) is 11.1 Å². The number of hydrogen-bond donors (Lipinski definition) is 2. The maximum absolute atomic E-state index is 11.7. The Balaban J connectivity index is 2.01. The van der Waals surface area contributed by atoms with E-state index >= 15 is 0 Å². The normalized spacial score (nSPS) is 10.2. The highest BCUT2D eigenvalue weighted by Gasteiger charge is 2.09. The van der Waals surface area contributed by atoms with Crippen molar-refractivity contribution in [3.05, 3.63) is 34.9 Å². The van der Waals surface area contributed by atoms with Crippen molar-refractivity contribution in [3.63, 3.8) is 0 Å². The molecule has 0 aliphatic rings. The van der Waals surface area contributed by atoms with E-state index in [9.17, 15) is 4.79 Å². The summed E-state index contributed by atoms with van der Waals surface area (Å²) in [6.45, 7) is 0. The molecule has 2 rings (SSSR count). The van der Waals surface area contributed by atoms with Crippen LogP contribution in [0.1, 0.15) is 5.56 Å². The first-order chi connectivity index (χ1) is 8.15. The van der Waals surface area contributed by atoms with E-state index < -0.39 is 0 Å². The van der Waals surface area contributed by atoms with Crippen molar-refractivity contribution < 1.29 is 4.79 Å². The van der Waals surface area contributed by atoms with Gasteiger partial charge in [0, 0.05) is 5.02 Å². The summed E-state index contributed by atoms with van der Waals surface area (Å²) in [5.41, 5.74) is 6.17. The van der Waals surface area contributed by atoms with Crippen LogP contribution in [-0.2, 0) is 11.2 Å². The molecule has 2 aromatic rings. The molecule has 1 heterocycles. The Morgan fingerprint density at radius 3 is 2.82 bits per heavy atom. The number of anilines is 2. The van der Waals surface area contributed by atoms with Gasteiger partial charge < -0.3 is 11.1 Å². The smallest absolute Gasteiger partial charge is 0.230 e. The number of carbonyl (C=O) groups excluding carboxylic acids is 1. The number of nitrogens with one attached hydrogen (secondary N) is 1. The molecular formula is C10H9ClN4OS. The van der Waals surface area contributed by atoms with Crippen LogP contribution in [0.3, 0.4) is 0 Å². The molecule has 0 spiro atoms. The lowest BCUT2D eigenvalue weighted by molar-refractivity contribution is -0.115. The molecule has 0 radical (unpaired) electrons. The number of amides is 1. The van der Waals surface area contributed by atoms with Gasteiger partial charge in [-0.05, 0) is 11.6 Å². The third-order valence-corrected chi connectivity index (χ3v) is 3.03. The number of halogens is 1. The molecule has 3 N–H and O–H groups in total. The van der Waals surface area contributed by atoms with Crippen LogP contribution in [0.4, 0.5) is 10.3 Å². The van der Waals surface area contributed by atoms with Crippen molar-refractivity contribution >= 4 is 39.1 Å². The van der Waals surface area contributed by atoms with Gasteiger partial charge in [0.05, 0.1) is 6.42 Å². The van der Waals surface area contributed by atoms with Gasteiger partial charge in [-0.3, -0.25) is 4.79 Å². The lowest BCUT2D eigenvalue weighted by Gasteiger charge is -2.03. The average Bonchev–Trinajstić information content (AvgIpc) is 2.67. The van der Waals surface area contributed by atoms with Gasteiger partial charge in [-0.2, -0.15) is 0 Å². The van der Waals surface area contributed by atoms with Crippen LogP contribution in [0.2, 0.25) is 5.02 Å². The maximum atomic E-state index is 11.7. The number of carbonyl (C=O) groups is 1. The fraction of sp³-hybridized carbons (Fsp3) is 0.100. The largest absolute Gasteiger partial charge is 0.374 e. The van der Waals surface area contributed by atoms with Crippen LogP contribution in [0.5, 0.6) is 0 Å². The van der Waals surface area contributed by atoms with Gasteiger partial charge in [0.1, 0.15) is 0 Å². The Kier molecular flexibility index (Phi) is 3.55. The van der Waals surface area contributed by atoms with E-state index in [-0.39, 0.29) is 12.3 Å². The van der Waals surface area contributed by atoms with Crippen molar-refractivity contribution in [1.29, 1.82) is 0 Å². The summed E-state index contributed by atoms with van der Waals surface area (Å²) in [5.74, 6) is -0.200. The first kappa shape index (κ1) is 11.8. The molecule has 0 aliphatic carbocycles. The van der Waals surface area contributed by atoms with Gasteiger partial charge in [-0.15, -0.1) is 10.2 Å². The Labute approximate surface area is 107 Å². The lowest BCUT2D eigenvalue weighted by Crippen LogP contribution is -2.14. The Bertz CT molecular complexity index is 543. The highest BCUT2D eigenvalue weighted by atomic mass is 35.5. The zero-order valence-corrected chi connectivity index (χ0v) is 10.3. The standard InChI is InChI=1S/C10H9ClN4OS/c11-7-4-2-1-3-6(7)5-8(16)13-10-15-14-9(12)17-10/h1-4H,5H2,(H2,12,14)(H,13,15,16). The fourth-order valence-electron chi connectivity index (χ4n) is 1.26. The van der Waals surface area contributed by atoms with E-state index in [0.29, 0.717) is 15.3 Å². The first-order valence-electron chi connectivity index (χ1n) is 4.77. The Morgan fingerprint density at radius 2 is 2.18 bits per heavy atom. The summed E-state index contributed by atoms with van der Waals surface area (Å²) in [6.07, 6.45) is 0.194. The third kappa shape index (κ3) is 3.15. The number of nitrogen functional groups attached to an aromatic ring is 1. The maximum Gasteiger partial charge on any atom is 0.230 e. The highest BCUT2D eigenvalue weighted by Crippen LogP contribution is 2.18. The second kappa shape index (κ2) is 5.11. The molecule has 1 aromatic heterocycles. The van der Waals surface area contributed by atoms with Crippen LogP contribution >= 0.6 is 22.9 Å². The van der Waals surface area contributed by atoms with Gasteiger partial charge in [0.25, 0.3) is 0 Å². The van der Waals surface area contributed by atoms with Gasteiger partial charge in [-0.1, -0.05) is 41.1 Å². The molecule has 88 valence electrons. The molecule has 5 nitrogen and oxygen atoms in total. The van der Waals surface area contributed by atoms with Crippen molar-refractivity contribution in [2.45, 2.75) is 6.42 Å². The third-order valence-electron chi connectivity index (χ3n) is 2.00. The van der Waals surface area contributed by atoms with Crippen LogP contribution < -0.4 is 11.1 Å². The highest BCUT2D eigenvalue weighted by molar-refractivity contribution is 7.18. The summed E-state index contributed by atoms with van der Waals surface area (Å²) >= 11 is 7.07. The second-order valence-electron chi connectivity index (χ2n) is 3.26. The van der Waals surface area contributed by atoms with Crippen LogP contribution in [0, 0.1) is 0 Å². The van der Waals surface area contributed by atoms with Crippen molar-refractivity contribution in [3.8, 4) is 0 Å². The molecule has 0 unspecified atom stereocenters. The number of rotatable bonds is 3. The molecule has 1 aromatic carbocycles. The number of hydrogen-bond acceptors (Lipinski definition) is 5. The molecule has 17 heavy (non-hydrogen) atoms. The molecule has 0 bridgehead atoms. The molecule has 0 aliphatic heterocycles. The minimum Gasteiger partial charge on any atom is -0.374 e. The van der Waals surface area contributed by atoms with Crippen LogP contribution in [0.15, 0.2) is 24.3 Å². The minimum atomic E-state index is -0.200. The van der Waals surface area contributed by atoms with Gasteiger partial charge >= 0.3 is 0 Å². The summed E-state index contributed by atoms with van der Waals surface area (Å²) < 4.78 is 0. The SMILES string of the molecule is Nc1nnc(NC(=O)Cc2ccccc2Cl)s1. The Hall–Kier alpha value is -1.66. The zero-order chi connectivity index (χ0) is 12.3. The predicted molar refractivity (Wildman–Crippen MR) is 68.1 cm³/mol. The summed E-state index contributed by atoms with van der Waals surface area (Å²) in [5, 5.41) is 11.2. The molecule has 0 saturated carbocycles. The van der Waals surface area contributed by atoms with E-state index in [4.69, 9.17) is 17.3 Å². The van der Waals surface area contributed by atoms with Crippen LogP contribution in [0.25, 0.3) is 0 Å². The zero-order valence-electron chi connectivity index (χ0n) is 8.68. The number of nitrogens with two attached hydrogens (primary N) is 1. The lowest BCUT2D eigenvalue weighted by atomic mass is 10.1. The molecule has 0 saturated heterocycles. The van der Waals surface area contributed by atoms with E-state index in [1.54, 1.807) is 12.1 Å². The second-order valence-corrected chi connectivity index (χ2v) is 4.68.